The maximum atomic E-state index is 12.8. The summed E-state index contributed by atoms with van der Waals surface area (Å²) in [5.41, 5.74) is 1.70. The van der Waals surface area contributed by atoms with Gasteiger partial charge in [-0.25, -0.2) is 0 Å². The maximum absolute atomic E-state index is 12.8. The SMILES string of the molecule is COc1cc(CCC(=O)N2CCCC(c3c(C)c(=O)nc4n3CCC4)C2)on1. The molecule has 0 aliphatic carbocycles. The number of rotatable bonds is 5. The van der Waals surface area contributed by atoms with Gasteiger partial charge in [0.25, 0.3) is 11.4 Å². The third-order valence-electron chi connectivity index (χ3n) is 5.81. The second-order valence-corrected chi connectivity index (χ2v) is 7.61. The van der Waals surface area contributed by atoms with Gasteiger partial charge in [-0.3, -0.25) is 9.59 Å². The van der Waals surface area contributed by atoms with Gasteiger partial charge in [-0.05, 0) is 31.3 Å². The Morgan fingerprint density at radius 2 is 2.21 bits per heavy atom. The van der Waals surface area contributed by atoms with Gasteiger partial charge in [-0.15, -0.1) is 0 Å². The summed E-state index contributed by atoms with van der Waals surface area (Å²) in [6.07, 6.45) is 4.69. The topological polar surface area (TPSA) is 90.5 Å². The van der Waals surface area contributed by atoms with E-state index in [-0.39, 0.29) is 17.4 Å². The minimum Gasteiger partial charge on any atom is -0.479 e. The summed E-state index contributed by atoms with van der Waals surface area (Å²) >= 11 is 0. The molecule has 2 aliphatic rings. The monoisotopic (exact) mass is 386 g/mol. The van der Waals surface area contributed by atoms with Gasteiger partial charge in [-0.1, -0.05) is 0 Å². The first-order chi connectivity index (χ1) is 13.6. The second-order valence-electron chi connectivity index (χ2n) is 7.61. The van der Waals surface area contributed by atoms with E-state index in [2.05, 4.69) is 14.7 Å². The zero-order chi connectivity index (χ0) is 19.7. The molecule has 4 heterocycles. The Bertz CT molecular complexity index is 933. The number of nitrogens with zero attached hydrogens (tertiary/aromatic N) is 4. The molecule has 0 aromatic carbocycles. The van der Waals surface area contributed by atoms with Crippen molar-refractivity contribution in [2.24, 2.45) is 0 Å². The lowest BCUT2D eigenvalue weighted by Crippen LogP contribution is -2.40. The smallest absolute Gasteiger partial charge is 0.276 e. The molecule has 1 saturated heterocycles. The van der Waals surface area contributed by atoms with Gasteiger partial charge in [0.1, 0.15) is 11.6 Å². The van der Waals surface area contributed by atoms with E-state index in [1.54, 1.807) is 6.07 Å². The predicted octanol–water partition coefficient (Wildman–Crippen LogP) is 1.83. The van der Waals surface area contributed by atoms with E-state index in [9.17, 15) is 9.59 Å². The van der Waals surface area contributed by atoms with Gasteiger partial charge in [0.05, 0.1) is 7.11 Å². The minimum atomic E-state index is -0.120. The van der Waals surface area contributed by atoms with Crippen molar-refractivity contribution in [2.75, 3.05) is 20.2 Å². The first kappa shape index (κ1) is 18.7. The summed E-state index contributed by atoms with van der Waals surface area (Å²) in [7, 11) is 1.53. The average molecular weight is 386 g/mol. The molecule has 8 nitrogen and oxygen atoms in total. The maximum Gasteiger partial charge on any atom is 0.276 e. The van der Waals surface area contributed by atoms with Crippen molar-refractivity contribution in [1.29, 1.82) is 0 Å². The van der Waals surface area contributed by atoms with Crippen LogP contribution in [0.5, 0.6) is 5.88 Å². The highest BCUT2D eigenvalue weighted by Crippen LogP contribution is 2.31. The average Bonchev–Trinajstić information content (AvgIpc) is 3.36. The van der Waals surface area contributed by atoms with Crippen molar-refractivity contribution in [3.05, 3.63) is 39.3 Å². The first-order valence-electron chi connectivity index (χ1n) is 9.94. The number of hydrogen-bond acceptors (Lipinski definition) is 6. The number of carbonyl (C=O) groups excluding carboxylic acids is 1. The molecule has 0 N–H and O–H groups in total. The molecule has 1 atom stereocenters. The minimum absolute atomic E-state index is 0.107. The zero-order valence-corrected chi connectivity index (χ0v) is 16.4. The Morgan fingerprint density at radius 1 is 1.36 bits per heavy atom. The lowest BCUT2D eigenvalue weighted by molar-refractivity contribution is -0.132. The standard InChI is InChI=1S/C20H26N4O4/c1-13-19(24-10-4-6-16(24)21-20(13)26)14-5-3-9-23(12-14)18(25)8-7-15-11-17(27-2)22-28-15/h11,14H,3-10,12H2,1-2H3. The van der Waals surface area contributed by atoms with Crippen LogP contribution < -0.4 is 10.3 Å². The molecule has 1 fully saturated rings. The van der Waals surface area contributed by atoms with Gasteiger partial charge in [-0.2, -0.15) is 4.98 Å². The Morgan fingerprint density at radius 3 is 3.00 bits per heavy atom. The molecule has 1 amide bonds. The summed E-state index contributed by atoms with van der Waals surface area (Å²) in [5.74, 6) is 2.26. The molecule has 8 heteroatoms. The molecule has 0 spiro atoms. The van der Waals surface area contributed by atoms with Crippen molar-refractivity contribution in [2.45, 2.75) is 57.9 Å². The summed E-state index contributed by atoms with van der Waals surface area (Å²) in [6, 6.07) is 1.71. The summed E-state index contributed by atoms with van der Waals surface area (Å²) in [5, 5.41) is 3.77. The van der Waals surface area contributed by atoms with Crippen LogP contribution in [0.1, 0.15) is 54.4 Å². The molecule has 1 unspecified atom stereocenters. The summed E-state index contributed by atoms with van der Waals surface area (Å²) < 4.78 is 12.4. The van der Waals surface area contributed by atoms with Gasteiger partial charge < -0.3 is 18.7 Å². The van der Waals surface area contributed by atoms with Crippen LogP contribution in [-0.4, -0.2) is 45.7 Å². The third-order valence-corrected chi connectivity index (χ3v) is 5.81. The lowest BCUT2D eigenvalue weighted by atomic mass is 9.91. The van der Waals surface area contributed by atoms with Crippen molar-refractivity contribution >= 4 is 5.91 Å². The molecule has 2 aliphatic heterocycles. The van der Waals surface area contributed by atoms with Crippen LogP contribution in [0.25, 0.3) is 0 Å². The number of methoxy groups -OCH3 is 1. The highest BCUT2D eigenvalue weighted by molar-refractivity contribution is 5.76. The molecule has 2 aromatic rings. The molecular weight excluding hydrogens is 360 g/mol. The van der Waals surface area contributed by atoms with Gasteiger partial charge in [0.2, 0.25) is 5.91 Å². The fourth-order valence-electron chi connectivity index (χ4n) is 4.40. The van der Waals surface area contributed by atoms with Crippen LogP contribution in [0.3, 0.4) is 0 Å². The zero-order valence-electron chi connectivity index (χ0n) is 16.4. The predicted molar refractivity (Wildman–Crippen MR) is 101 cm³/mol. The molecule has 0 bridgehead atoms. The number of fused-ring (bicyclic) bond motifs is 1. The van der Waals surface area contributed by atoms with E-state index in [0.29, 0.717) is 31.0 Å². The molecule has 150 valence electrons. The highest BCUT2D eigenvalue weighted by atomic mass is 16.5. The number of aryl methyl sites for hydroxylation is 2. The first-order valence-corrected chi connectivity index (χ1v) is 9.94. The number of hydrogen-bond donors (Lipinski definition) is 0. The number of amides is 1. The van der Waals surface area contributed by atoms with Crippen molar-refractivity contribution in [3.63, 3.8) is 0 Å². The van der Waals surface area contributed by atoms with E-state index in [4.69, 9.17) is 9.26 Å². The normalized spacial score (nSPS) is 18.9. The van der Waals surface area contributed by atoms with E-state index < -0.39 is 0 Å². The molecule has 28 heavy (non-hydrogen) atoms. The number of piperidine rings is 1. The van der Waals surface area contributed by atoms with Gasteiger partial charge in [0, 0.05) is 62.1 Å². The van der Waals surface area contributed by atoms with Crippen LogP contribution >= 0.6 is 0 Å². The number of carbonyl (C=O) groups is 1. The quantitative estimate of drug-likeness (QED) is 0.779. The summed E-state index contributed by atoms with van der Waals surface area (Å²) in [6.45, 7) is 4.20. The van der Waals surface area contributed by atoms with E-state index >= 15 is 0 Å². The van der Waals surface area contributed by atoms with Crippen LogP contribution in [0.4, 0.5) is 0 Å². The van der Waals surface area contributed by atoms with E-state index in [1.165, 1.54) is 7.11 Å². The molecule has 0 radical (unpaired) electrons. The van der Waals surface area contributed by atoms with Crippen molar-refractivity contribution in [3.8, 4) is 5.88 Å². The Hall–Kier alpha value is -2.64. The Balaban J connectivity index is 1.46. The fourth-order valence-corrected chi connectivity index (χ4v) is 4.40. The number of ether oxygens (including phenoxy) is 1. The van der Waals surface area contributed by atoms with E-state index in [1.807, 2.05) is 11.8 Å². The molecule has 2 aromatic heterocycles. The van der Waals surface area contributed by atoms with Crippen LogP contribution in [0.2, 0.25) is 0 Å². The van der Waals surface area contributed by atoms with Gasteiger partial charge >= 0.3 is 0 Å². The lowest BCUT2D eigenvalue weighted by Gasteiger charge is -2.34. The second kappa shape index (κ2) is 7.77. The molecular formula is C20H26N4O4. The van der Waals surface area contributed by atoms with Crippen LogP contribution in [-0.2, 0) is 24.2 Å². The molecule has 4 rings (SSSR count). The van der Waals surface area contributed by atoms with E-state index in [0.717, 1.165) is 55.9 Å². The number of likely N-dealkylation sites (tertiary alicyclic amines) is 1. The summed E-state index contributed by atoms with van der Waals surface area (Å²) in [4.78, 5) is 31.2. The fraction of sp³-hybridized carbons (Fsp3) is 0.600. The van der Waals surface area contributed by atoms with Gasteiger partial charge in [0.15, 0.2) is 0 Å². The third kappa shape index (κ3) is 3.55. The molecule has 0 saturated carbocycles. The largest absolute Gasteiger partial charge is 0.479 e. The van der Waals surface area contributed by atoms with Crippen molar-refractivity contribution in [1.82, 2.24) is 19.6 Å². The Labute approximate surface area is 163 Å². The van der Waals surface area contributed by atoms with Crippen LogP contribution in [0.15, 0.2) is 15.4 Å². The number of aromatic nitrogens is 3. The Kier molecular flexibility index (Phi) is 5.19. The van der Waals surface area contributed by atoms with Crippen molar-refractivity contribution < 1.29 is 14.1 Å². The van der Waals surface area contributed by atoms with Crippen LogP contribution in [0, 0.1) is 6.92 Å². The highest BCUT2D eigenvalue weighted by Gasteiger charge is 2.30.